The highest BCUT2D eigenvalue weighted by Gasteiger charge is 2.02. The maximum atomic E-state index is 12.5. The summed E-state index contributed by atoms with van der Waals surface area (Å²) in [6, 6.07) is 2.92. The minimum Gasteiger partial charge on any atom is -0.331 e. The third-order valence-electron chi connectivity index (χ3n) is 1.51. The Bertz CT molecular complexity index is 410. The number of pyridine rings is 1. The van der Waals surface area contributed by atoms with Gasteiger partial charge in [0.15, 0.2) is 5.82 Å². The van der Waals surface area contributed by atoms with Gasteiger partial charge in [0.25, 0.3) is 0 Å². The lowest BCUT2D eigenvalue weighted by Gasteiger charge is -1.93. The van der Waals surface area contributed by atoms with Crippen LogP contribution in [0.2, 0.25) is 0 Å². The van der Waals surface area contributed by atoms with Crippen molar-refractivity contribution in [1.82, 2.24) is 15.0 Å². The summed E-state index contributed by atoms with van der Waals surface area (Å²) in [7, 11) is 0. The molecule has 0 atom stereocenters. The van der Waals surface area contributed by atoms with Crippen LogP contribution in [0.25, 0.3) is 11.5 Å². The van der Waals surface area contributed by atoms with Crippen LogP contribution < -0.4 is 0 Å². The highest BCUT2D eigenvalue weighted by Crippen LogP contribution is 2.15. The first-order valence-electron chi connectivity index (χ1n) is 3.58. The molecule has 0 aliphatic carbocycles. The van der Waals surface area contributed by atoms with Crippen molar-refractivity contribution in [2.45, 2.75) is 0 Å². The number of aromatic nitrogens is 3. The summed E-state index contributed by atoms with van der Waals surface area (Å²) >= 11 is 3.22. The average molecular weight is 242 g/mol. The molecule has 2 rings (SSSR count). The van der Waals surface area contributed by atoms with Crippen molar-refractivity contribution in [2.75, 3.05) is 0 Å². The summed E-state index contributed by atoms with van der Waals surface area (Å²) in [6.07, 6.45) is 2.78. The van der Waals surface area contributed by atoms with Crippen molar-refractivity contribution < 1.29 is 4.39 Å². The van der Waals surface area contributed by atoms with Gasteiger partial charge in [-0.1, -0.05) is 0 Å². The lowest BCUT2D eigenvalue weighted by atomic mass is 10.3. The number of halogens is 2. The minimum atomic E-state index is -0.352. The number of nitrogens with one attached hydrogen (secondary N) is 1. The number of hydrogen-bond donors (Lipinski definition) is 1. The number of rotatable bonds is 1. The third kappa shape index (κ3) is 1.75. The van der Waals surface area contributed by atoms with E-state index in [1.807, 2.05) is 0 Å². The molecule has 0 aromatic carbocycles. The number of H-pyrrole nitrogens is 1. The normalized spacial score (nSPS) is 10.3. The van der Waals surface area contributed by atoms with E-state index in [4.69, 9.17) is 0 Å². The second-order valence-electron chi connectivity index (χ2n) is 2.44. The fraction of sp³-hybridized carbons (Fsp3) is 0. The molecule has 0 aliphatic rings. The molecule has 0 unspecified atom stereocenters. The van der Waals surface area contributed by atoms with Gasteiger partial charge in [-0.2, -0.15) is 0 Å². The van der Waals surface area contributed by atoms with Crippen LogP contribution in [0.1, 0.15) is 0 Å². The molecule has 1 N–H and O–H groups in total. The molecular formula is C8H5BrFN3. The van der Waals surface area contributed by atoms with E-state index in [1.165, 1.54) is 6.07 Å². The predicted molar refractivity (Wildman–Crippen MR) is 49.5 cm³/mol. The molecule has 66 valence electrons. The molecule has 13 heavy (non-hydrogen) atoms. The van der Waals surface area contributed by atoms with Crippen molar-refractivity contribution in [1.29, 1.82) is 0 Å². The molecule has 0 spiro atoms. The second kappa shape index (κ2) is 3.26. The zero-order chi connectivity index (χ0) is 9.26. The molecule has 0 saturated carbocycles. The Balaban J connectivity index is 2.41. The summed E-state index contributed by atoms with van der Waals surface area (Å²) in [5.41, 5.74) is 0.618. The zero-order valence-corrected chi connectivity index (χ0v) is 8.05. The van der Waals surface area contributed by atoms with Crippen LogP contribution >= 0.6 is 15.9 Å². The molecule has 2 aromatic heterocycles. The molecule has 0 bridgehead atoms. The maximum Gasteiger partial charge on any atom is 0.156 e. The molecule has 3 nitrogen and oxygen atoms in total. The van der Waals surface area contributed by atoms with E-state index >= 15 is 0 Å². The molecule has 0 radical (unpaired) electrons. The molecule has 0 fully saturated rings. The van der Waals surface area contributed by atoms with E-state index < -0.39 is 0 Å². The van der Waals surface area contributed by atoms with E-state index in [2.05, 4.69) is 30.9 Å². The molecule has 2 heterocycles. The van der Waals surface area contributed by atoms with E-state index in [9.17, 15) is 4.39 Å². The van der Waals surface area contributed by atoms with Gasteiger partial charge >= 0.3 is 0 Å². The summed E-state index contributed by atoms with van der Waals surface area (Å²) < 4.78 is 13.3. The van der Waals surface area contributed by atoms with Gasteiger partial charge in [0.05, 0.1) is 12.4 Å². The zero-order valence-electron chi connectivity index (χ0n) is 6.46. The Morgan fingerprint density at radius 3 is 2.62 bits per heavy atom. The highest BCUT2D eigenvalue weighted by atomic mass is 79.9. The van der Waals surface area contributed by atoms with Crippen LogP contribution in [0.3, 0.4) is 0 Å². The van der Waals surface area contributed by atoms with Crippen LogP contribution in [-0.4, -0.2) is 15.0 Å². The Kier molecular flexibility index (Phi) is 2.10. The first kappa shape index (κ1) is 8.37. The van der Waals surface area contributed by atoms with Crippen molar-refractivity contribution in [3.05, 3.63) is 34.9 Å². The quantitative estimate of drug-likeness (QED) is 0.833. The van der Waals surface area contributed by atoms with Crippen molar-refractivity contribution >= 4 is 15.9 Å². The summed E-state index contributed by atoms with van der Waals surface area (Å²) in [4.78, 5) is 10.8. The monoisotopic (exact) mass is 241 g/mol. The van der Waals surface area contributed by atoms with Crippen LogP contribution in [-0.2, 0) is 0 Å². The van der Waals surface area contributed by atoms with Crippen LogP contribution in [0.4, 0.5) is 4.39 Å². The average Bonchev–Trinajstić information content (AvgIpc) is 2.53. The summed E-state index contributed by atoms with van der Waals surface area (Å²) in [5.74, 6) is 0.265. The largest absolute Gasteiger partial charge is 0.331 e. The smallest absolute Gasteiger partial charge is 0.156 e. The topological polar surface area (TPSA) is 41.6 Å². The van der Waals surface area contributed by atoms with Crippen LogP contribution in [0, 0.1) is 5.82 Å². The van der Waals surface area contributed by atoms with Gasteiger partial charge in [-0.05, 0) is 28.1 Å². The van der Waals surface area contributed by atoms with Gasteiger partial charge in [0.2, 0.25) is 0 Å². The number of imidazole rings is 1. The van der Waals surface area contributed by atoms with Crippen molar-refractivity contribution in [2.24, 2.45) is 0 Å². The van der Waals surface area contributed by atoms with E-state index in [-0.39, 0.29) is 5.82 Å². The summed E-state index contributed by atoms with van der Waals surface area (Å²) in [6.45, 7) is 0. The second-order valence-corrected chi connectivity index (χ2v) is 3.30. The lowest BCUT2D eigenvalue weighted by Crippen LogP contribution is -1.85. The number of aromatic amines is 1. The van der Waals surface area contributed by atoms with Crippen molar-refractivity contribution in [3.63, 3.8) is 0 Å². The number of nitrogens with zero attached hydrogens (tertiary/aromatic N) is 2. The van der Waals surface area contributed by atoms with Crippen molar-refractivity contribution in [3.8, 4) is 11.5 Å². The van der Waals surface area contributed by atoms with E-state index in [0.29, 0.717) is 11.5 Å². The molecule has 2 aromatic rings. The first-order valence-corrected chi connectivity index (χ1v) is 4.37. The molecule has 0 aliphatic heterocycles. The van der Waals surface area contributed by atoms with Crippen LogP contribution in [0.15, 0.2) is 29.1 Å². The van der Waals surface area contributed by atoms with Gasteiger partial charge in [-0.15, -0.1) is 0 Å². The third-order valence-corrected chi connectivity index (χ3v) is 1.92. The summed E-state index contributed by atoms with van der Waals surface area (Å²) in [5, 5.41) is 0. The van der Waals surface area contributed by atoms with Gasteiger partial charge in [0.1, 0.15) is 16.1 Å². The van der Waals surface area contributed by atoms with Gasteiger partial charge in [-0.25, -0.2) is 14.4 Å². The number of hydrogen-bond acceptors (Lipinski definition) is 2. The lowest BCUT2D eigenvalue weighted by molar-refractivity contribution is 0.621. The Morgan fingerprint density at radius 1 is 1.23 bits per heavy atom. The van der Waals surface area contributed by atoms with E-state index in [1.54, 1.807) is 12.3 Å². The first-order chi connectivity index (χ1) is 6.25. The molecule has 5 heteroatoms. The van der Waals surface area contributed by atoms with Crippen LogP contribution in [0.5, 0.6) is 0 Å². The van der Waals surface area contributed by atoms with Gasteiger partial charge in [0, 0.05) is 0 Å². The minimum absolute atomic E-state index is 0.352. The fourth-order valence-corrected chi connectivity index (χ4v) is 1.24. The van der Waals surface area contributed by atoms with Gasteiger partial charge in [-0.3, -0.25) is 0 Å². The molecule has 0 saturated heterocycles. The highest BCUT2D eigenvalue weighted by molar-refractivity contribution is 9.10. The molecule has 0 amide bonds. The van der Waals surface area contributed by atoms with E-state index in [0.717, 1.165) is 10.8 Å². The standard InChI is InChI=1S/C8H5BrFN3/c9-7-4-12-8(13-7)6-2-1-5(10)3-11-6/h1-4H,(H,12,13). The predicted octanol–water partition coefficient (Wildman–Crippen LogP) is 2.37. The fourth-order valence-electron chi connectivity index (χ4n) is 0.945. The maximum absolute atomic E-state index is 12.5. The Labute approximate surface area is 82.2 Å². The Hall–Kier alpha value is -1.23. The Morgan fingerprint density at radius 2 is 2.08 bits per heavy atom. The molecular weight excluding hydrogens is 237 g/mol. The van der Waals surface area contributed by atoms with Gasteiger partial charge < -0.3 is 4.98 Å². The SMILES string of the molecule is Fc1ccc(-c2ncc(Br)[nH]2)nc1.